The number of cyclic esters (lactones) is 1. The molecule has 1 heterocycles. The van der Waals surface area contributed by atoms with Crippen LogP contribution in [0.15, 0.2) is 12.2 Å². The third-order valence-electron chi connectivity index (χ3n) is 7.39. The van der Waals surface area contributed by atoms with Gasteiger partial charge in [0, 0.05) is 44.1 Å². The van der Waals surface area contributed by atoms with Gasteiger partial charge in [0.2, 0.25) is 0 Å². The first-order valence-corrected chi connectivity index (χ1v) is 8.75. The predicted octanol–water partition coefficient (Wildman–Crippen LogP) is 2.39. The van der Waals surface area contributed by atoms with Crippen molar-refractivity contribution in [3.8, 4) is 0 Å². The smallest absolute Gasteiger partial charge is 0.311 e. The second-order valence-electron chi connectivity index (χ2n) is 8.12. The van der Waals surface area contributed by atoms with Gasteiger partial charge in [-0.1, -0.05) is 12.2 Å². The van der Waals surface area contributed by atoms with Crippen molar-refractivity contribution in [1.29, 1.82) is 0 Å². The van der Waals surface area contributed by atoms with Crippen LogP contribution in [-0.2, 0) is 9.53 Å². The maximum absolute atomic E-state index is 11.6. The van der Waals surface area contributed by atoms with Crippen molar-refractivity contribution in [1.82, 2.24) is 0 Å². The molecule has 0 aromatic rings. The summed E-state index contributed by atoms with van der Waals surface area (Å²) in [4.78, 5) is 11.6. The van der Waals surface area contributed by atoms with Gasteiger partial charge < -0.3 is 9.84 Å². The van der Waals surface area contributed by atoms with Crippen molar-refractivity contribution in [2.24, 2.45) is 47.3 Å². The Kier molecular flexibility index (Phi) is 4.28. The maximum Gasteiger partial charge on any atom is 0.311 e. The Morgan fingerprint density at radius 3 is 2.68 bits per heavy atom. The van der Waals surface area contributed by atoms with E-state index >= 15 is 0 Å². The summed E-state index contributed by atoms with van der Waals surface area (Å²) in [5, 5.41) is 10.5. The van der Waals surface area contributed by atoms with Gasteiger partial charge in [-0.15, -0.1) is 0 Å². The number of ether oxygens (including phenoxy) is 1. The van der Waals surface area contributed by atoms with Gasteiger partial charge in [-0.3, -0.25) is 4.79 Å². The van der Waals surface area contributed by atoms with Crippen LogP contribution in [0, 0.1) is 91.4 Å². The summed E-state index contributed by atoms with van der Waals surface area (Å²) in [5.41, 5.74) is 0. The van der Waals surface area contributed by atoms with Crippen LogP contribution in [-0.4, -0.2) is 23.8 Å². The van der Waals surface area contributed by atoms with Crippen molar-refractivity contribution >= 4 is 5.97 Å². The van der Waals surface area contributed by atoms with Gasteiger partial charge >= 0.3 is 5.97 Å². The second kappa shape index (κ2) is 5.85. The standard InChI is InChI=1S/C18H24O3.Ac/c19-15(13-3-4-21-18(13)20)8-11-6-12-7-14(11)17-10-2-1-9(5-10)16(12)17;/h1-2,9-17,19H,3-8H2;. The Balaban J connectivity index is 0.00000125. The number of aliphatic hydroxyl groups excluding tert-OH is 1. The van der Waals surface area contributed by atoms with Crippen LogP contribution in [0.4, 0.5) is 0 Å². The van der Waals surface area contributed by atoms with E-state index in [2.05, 4.69) is 12.2 Å². The molecule has 1 aliphatic heterocycles. The minimum atomic E-state index is -0.475. The summed E-state index contributed by atoms with van der Waals surface area (Å²) in [7, 11) is 0. The molecule has 1 radical (unpaired) electrons. The van der Waals surface area contributed by atoms with Crippen LogP contribution in [0.5, 0.6) is 0 Å². The molecule has 0 spiro atoms. The number of fused-ring (bicyclic) bond motifs is 9. The monoisotopic (exact) mass is 515 g/mol. The minimum Gasteiger partial charge on any atom is -0.465 e. The van der Waals surface area contributed by atoms with E-state index < -0.39 is 6.10 Å². The maximum atomic E-state index is 11.6. The number of hydrogen-bond donors (Lipinski definition) is 1. The molecule has 5 aliphatic rings. The van der Waals surface area contributed by atoms with Crippen LogP contribution in [0.3, 0.4) is 0 Å². The number of esters is 1. The molecule has 22 heavy (non-hydrogen) atoms. The Morgan fingerprint density at radius 2 is 1.95 bits per heavy atom. The molecule has 4 bridgehead atoms. The van der Waals surface area contributed by atoms with Gasteiger partial charge in [-0.05, 0) is 73.5 Å². The molecule has 5 rings (SSSR count). The molecule has 0 aromatic heterocycles. The average Bonchev–Trinajstić information content (AvgIpc) is 3.23. The van der Waals surface area contributed by atoms with E-state index in [-0.39, 0.29) is 55.9 Å². The zero-order valence-corrected chi connectivity index (χ0v) is 17.7. The Labute approximate surface area is 167 Å². The van der Waals surface area contributed by atoms with E-state index in [9.17, 15) is 9.90 Å². The van der Waals surface area contributed by atoms with E-state index in [0.29, 0.717) is 18.9 Å². The summed E-state index contributed by atoms with van der Waals surface area (Å²) >= 11 is 0. The molecule has 1 saturated heterocycles. The summed E-state index contributed by atoms with van der Waals surface area (Å²) in [6, 6.07) is 0. The first kappa shape index (κ1) is 16.1. The summed E-state index contributed by atoms with van der Waals surface area (Å²) in [6.45, 7) is 0.497. The fourth-order valence-corrected chi connectivity index (χ4v) is 6.76. The second-order valence-corrected chi connectivity index (χ2v) is 8.12. The van der Waals surface area contributed by atoms with Gasteiger partial charge in [0.15, 0.2) is 0 Å². The fourth-order valence-electron chi connectivity index (χ4n) is 6.76. The van der Waals surface area contributed by atoms with Gasteiger partial charge in [0.1, 0.15) is 0 Å². The van der Waals surface area contributed by atoms with Gasteiger partial charge in [0.05, 0.1) is 18.6 Å². The summed E-state index contributed by atoms with van der Waals surface area (Å²) in [5.74, 6) is 5.47. The van der Waals surface area contributed by atoms with Crippen molar-refractivity contribution < 1.29 is 58.7 Å². The van der Waals surface area contributed by atoms with Crippen LogP contribution < -0.4 is 0 Å². The molecule has 0 aromatic carbocycles. The quantitative estimate of drug-likeness (QED) is 0.357. The summed E-state index contributed by atoms with van der Waals surface area (Å²) < 4.78 is 5.01. The Morgan fingerprint density at radius 1 is 1.18 bits per heavy atom. The molecule has 1 N–H and O–H groups in total. The van der Waals surface area contributed by atoms with Crippen molar-refractivity contribution in [2.75, 3.05) is 6.61 Å². The van der Waals surface area contributed by atoms with Crippen molar-refractivity contribution in [2.45, 2.75) is 38.2 Å². The Bertz CT molecular complexity index is 505. The van der Waals surface area contributed by atoms with Crippen LogP contribution in [0.1, 0.15) is 32.1 Å². The molecular weight excluding hydrogens is 491 g/mol. The van der Waals surface area contributed by atoms with Crippen LogP contribution in [0.25, 0.3) is 0 Å². The largest absolute Gasteiger partial charge is 0.465 e. The fraction of sp³-hybridized carbons (Fsp3) is 0.833. The van der Waals surface area contributed by atoms with Crippen molar-refractivity contribution in [3.05, 3.63) is 12.2 Å². The van der Waals surface area contributed by atoms with Crippen LogP contribution >= 0.6 is 0 Å². The van der Waals surface area contributed by atoms with E-state index in [0.717, 1.165) is 41.9 Å². The third-order valence-corrected chi connectivity index (χ3v) is 7.39. The average molecular weight is 515 g/mol. The van der Waals surface area contributed by atoms with Crippen molar-refractivity contribution in [3.63, 3.8) is 0 Å². The first-order valence-electron chi connectivity index (χ1n) is 8.75. The molecule has 9 atom stereocenters. The molecule has 4 aliphatic carbocycles. The number of allylic oxidation sites excluding steroid dienone is 2. The van der Waals surface area contributed by atoms with E-state index in [1.807, 2.05) is 0 Å². The molecule has 9 unspecified atom stereocenters. The Hall–Kier alpha value is 0.612. The predicted molar refractivity (Wildman–Crippen MR) is 77.1 cm³/mol. The molecule has 0 amide bonds. The normalized spacial score (nSPS) is 51.8. The van der Waals surface area contributed by atoms with Gasteiger partial charge in [-0.25, -0.2) is 0 Å². The molecule has 4 fully saturated rings. The number of hydrogen-bond acceptors (Lipinski definition) is 3. The number of aliphatic hydroxyl groups is 1. The number of carbonyl (C=O) groups excluding carboxylic acids is 1. The van der Waals surface area contributed by atoms with E-state index in [1.54, 1.807) is 0 Å². The molecule has 117 valence electrons. The molecule has 3 nitrogen and oxygen atoms in total. The first-order chi connectivity index (χ1) is 10.2. The van der Waals surface area contributed by atoms with Gasteiger partial charge in [0.25, 0.3) is 0 Å². The molecule has 3 saturated carbocycles. The topological polar surface area (TPSA) is 46.5 Å². The zero-order valence-electron chi connectivity index (χ0n) is 12.9. The number of rotatable bonds is 3. The molecule has 4 heteroatoms. The van der Waals surface area contributed by atoms with Gasteiger partial charge in [-0.2, -0.15) is 0 Å². The minimum absolute atomic E-state index is 0. The molecular formula is C18H24AcO3. The zero-order chi connectivity index (χ0) is 14.1. The van der Waals surface area contributed by atoms with E-state index in [1.165, 1.54) is 19.3 Å². The van der Waals surface area contributed by atoms with E-state index in [4.69, 9.17) is 4.74 Å². The SMILES string of the molecule is O=C1OCCC1C(O)CC1CC2CC1C1C3C=CC(C3)C21.[Ac]. The van der Waals surface area contributed by atoms with Crippen LogP contribution in [0.2, 0.25) is 0 Å². The summed E-state index contributed by atoms with van der Waals surface area (Å²) in [6.07, 6.45) is 10.1. The number of carbonyl (C=O) groups is 1. The third kappa shape index (κ3) is 2.23.